The van der Waals surface area contributed by atoms with Gasteiger partial charge >= 0.3 is 0 Å². The second kappa shape index (κ2) is 3.44. The number of nitrogens with zero attached hydrogens (tertiary/aromatic N) is 4. The standard InChI is InChI=1S/C24H18N4/c25-8-16-18(9-26)21(10-27)22(11-28)20-7-17-12-1-2-14(5-12)23(17,21)19(16)24(20,22)15-4-3-13(20)6-15/h7,12-15,19H,1-6H2. The van der Waals surface area contributed by atoms with Crippen LogP contribution in [-0.2, 0) is 0 Å². The Morgan fingerprint density at radius 2 is 1.64 bits per heavy atom. The van der Waals surface area contributed by atoms with E-state index in [1.165, 1.54) is 12.0 Å². The van der Waals surface area contributed by atoms with Crippen LogP contribution in [0.1, 0.15) is 38.5 Å². The number of rotatable bonds is 0. The molecule has 4 nitrogen and oxygen atoms in total. The lowest BCUT2D eigenvalue weighted by Crippen LogP contribution is -2.55. The molecule has 0 amide bonds. The molecule has 28 heavy (non-hydrogen) atoms. The van der Waals surface area contributed by atoms with Crippen LogP contribution in [0.5, 0.6) is 0 Å². The molecule has 10 atom stereocenters. The van der Waals surface area contributed by atoms with E-state index in [0.717, 1.165) is 32.1 Å². The first-order chi connectivity index (χ1) is 13.7. The van der Waals surface area contributed by atoms with E-state index < -0.39 is 16.2 Å². The Bertz CT molecular complexity index is 1200. The summed E-state index contributed by atoms with van der Waals surface area (Å²) in [4.78, 5) is 0. The molecular formula is C24H18N4. The van der Waals surface area contributed by atoms with Crippen LogP contribution >= 0.6 is 0 Å². The predicted molar refractivity (Wildman–Crippen MR) is 94.9 cm³/mol. The molecule has 0 saturated heterocycles. The molecule has 0 aromatic carbocycles. The maximum Gasteiger partial charge on any atom is 0.123 e. The summed E-state index contributed by atoms with van der Waals surface area (Å²) in [7, 11) is 0. The van der Waals surface area contributed by atoms with E-state index >= 15 is 0 Å². The monoisotopic (exact) mass is 362 g/mol. The zero-order valence-corrected chi connectivity index (χ0v) is 15.5. The second-order valence-electron chi connectivity index (χ2n) is 10.8. The molecule has 10 bridgehead atoms. The third-order valence-electron chi connectivity index (χ3n) is 11.6. The fourth-order valence-electron chi connectivity index (χ4n) is 11.9. The third kappa shape index (κ3) is 0.727. The van der Waals surface area contributed by atoms with Crippen molar-refractivity contribution in [2.75, 3.05) is 0 Å². The highest BCUT2D eigenvalue weighted by Gasteiger charge is 3.12. The molecular weight excluding hydrogens is 344 g/mol. The van der Waals surface area contributed by atoms with Gasteiger partial charge in [-0.15, -0.1) is 0 Å². The fraction of sp³-hybridized carbons (Fsp3) is 0.667. The van der Waals surface area contributed by atoms with Crippen molar-refractivity contribution in [3.63, 3.8) is 0 Å². The minimum absolute atomic E-state index is 0.0513. The molecule has 6 fully saturated rings. The Hall–Kier alpha value is -2.56. The van der Waals surface area contributed by atoms with Crippen molar-refractivity contribution in [1.82, 2.24) is 0 Å². The molecule has 0 N–H and O–H groups in total. The van der Waals surface area contributed by atoms with Crippen LogP contribution in [0.2, 0.25) is 0 Å². The molecule has 4 heteroatoms. The normalized spacial score (nSPS) is 63.9. The first-order valence-electron chi connectivity index (χ1n) is 10.8. The summed E-state index contributed by atoms with van der Waals surface area (Å²) in [6, 6.07) is 10.2. The van der Waals surface area contributed by atoms with E-state index in [9.17, 15) is 21.0 Å². The van der Waals surface area contributed by atoms with Gasteiger partial charge in [0.25, 0.3) is 0 Å². The van der Waals surface area contributed by atoms with Gasteiger partial charge in [-0.05, 0) is 62.2 Å². The number of fused-ring (bicyclic) bond motifs is 4. The van der Waals surface area contributed by atoms with Crippen molar-refractivity contribution >= 4 is 0 Å². The Kier molecular flexibility index (Phi) is 1.78. The van der Waals surface area contributed by atoms with Gasteiger partial charge in [-0.25, -0.2) is 0 Å². The summed E-state index contributed by atoms with van der Waals surface area (Å²) >= 11 is 0. The SMILES string of the molecule is N#CC1=C(C#N)C2(C#N)C34C(=CC56C7CCC(C7)C5(C13)C26C#N)C1CCC4C1. The predicted octanol–water partition coefficient (Wildman–Crippen LogP) is 3.77. The lowest BCUT2D eigenvalue weighted by Gasteiger charge is -2.56. The van der Waals surface area contributed by atoms with Gasteiger partial charge in [0.05, 0.1) is 35.3 Å². The Labute approximate surface area is 163 Å². The number of hydrogen-bond donors (Lipinski definition) is 0. The molecule has 0 radical (unpaired) electrons. The summed E-state index contributed by atoms with van der Waals surface area (Å²) in [6.45, 7) is 0. The number of hydrogen-bond acceptors (Lipinski definition) is 4. The van der Waals surface area contributed by atoms with Crippen LogP contribution in [-0.4, -0.2) is 0 Å². The first-order valence-corrected chi connectivity index (χ1v) is 10.8. The smallest absolute Gasteiger partial charge is 0.123 e. The maximum atomic E-state index is 10.9. The summed E-state index contributed by atoms with van der Waals surface area (Å²) in [5.41, 5.74) is -0.376. The lowest BCUT2D eigenvalue weighted by atomic mass is 9.43. The quantitative estimate of drug-likeness (QED) is 0.613. The molecule has 10 unspecified atom stereocenters. The van der Waals surface area contributed by atoms with Crippen molar-refractivity contribution in [2.45, 2.75) is 38.5 Å². The van der Waals surface area contributed by atoms with E-state index in [0.29, 0.717) is 34.8 Å². The minimum Gasteiger partial charge on any atom is -0.198 e. The highest BCUT2D eigenvalue weighted by atomic mass is 15.1. The average molecular weight is 362 g/mol. The molecule has 0 aromatic rings. The summed E-state index contributed by atoms with van der Waals surface area (Å²) in [5, 5.41) is 42.1. The first kappa shape index (κ1) is 14.4. The molecule has 9 aliphatic rings. The molecule has 9 aliphatic carbocycles. The molecule has 0 heterocycles. The average Bonchev–Trinajstić information content (AvgIpc) is 3.40. The summed E-state index contributed by atoms with van der Waals surface area (Å²) in [6.07, 6.45) is 9.28. The third-order valence-corrected chi connectivity index (χ3v) is 11.6. The van der Waals surface area contributed by atoms with Gasteiger partial charge in [-0.3, -0.25) is 0 Å². The lowest BCUT2D eigenvalue weighted by molar-refractivity contribution is 0.00831. The molecule has 134 valence electrons. The largest absolute Gasteiger partial charge is 0.198 e. The van der Waals surface area contributed by atoms with Crippen LogP contribution in [0.3, 0.4) is 0 Å². The summed E-state index contributed by atoms with van der Waals surface area (Å²) in [5.74, 6) is 1.70. The van der Waals surface area contributed by atoms with Gasteiger partial charge in [-0.1, -0.05) is 11.6 Å². The second-order valence-corrected chi connectivity index (χ2v) is 10.8. The van der Waals surface area contributed by atoms with Crippen molar-refractivity contribution in [1.29, 1.82) is 21.0 Å². The molecule has 0 aromatic heterocycles. The highest BCUT2D eigenvalue weighted by Crippen LogP contribution is 3.11. The number of nitriles is 4. The molecule has 9 rings (SSSR count). The van der Waals surface area contributed by atoms with E-state index in [1.807, 2.05) is 0 Å². The van der Waals surface area contributed by atoms with E-state index in [-0.39, 0.29) is 16.7 Å². The topological polar surface area (TPSA) is 95.2 Å². The van der Waals surface area contributed by atoms with Crippen molar-refractivity contribution in [3.8, 4) is 24.3 Å². The van der Waals surface area contributed by atoms with Crippen LogP contribution in [0.15, 0.2) is 22.8 Å². The van der Waals surface area contributed by atoms with E-state index in [4.69, 9.17) is 0 Å². The van der Waals surface area contributed by atoms with Crippen LogP contribution in [0.4, 0.5) is 0 Å². The van der Waals surface area contributed by atoms with Crippen molar-refractivity contribution < 1.29 is 0 Å². The minimum atomic E-state index is -1.08. The fourth-order valence-corrected chi connectivity index (χ4v) is 11.9. The van der Waals surface area contributed by atoms with Gasteiger partial charge in [0, 0.05) is 27.7 Å². The van der Waals surface area contributed by atoms with Gasteiger partial charge in [0.2, 0.25) is 0 Å². The van der Waals surface area contributed by atoms with Crippen molar-refractivity contribution in [3.05, 3.63) is 22.8 Å². The Morgan fingerprint density at radius 3 is 2.36 bits per heavy atom. The van der Waals surface area contributed by atoms with Gasteiger partial charge < -0.3 is 0 Å². The van der Waals surface area contributed by atoms with Crippen LogP contribution in [0.25, 0.3) is 0 Å². The molecule has 6 saturated carbocycles. The highest BCUT2D eigenvalue weighted by molar-refractivity contribution is 5.79. The number of allylic oxidation sites excluding steroid dienone is 4. The molecule has 0 aliphatic heterocycles. The van der Waals surface area contributed by atoms with Crippen molar-refractivity contribution in [2.24, 2.45) is 56.7 Å². The zero-order chi connectivity index (χ0) is 18.9. The van der Waals surface area contributed by atoms with Crippen LogP contribution < -0.4 is 0 Å². The summed E-state index contributed by atoms with van der Waals surface area (Å²) < 4.78 is 0. The Morgan fingerprint density at radius 1 is 0.857 bits per heavy atom. The van der Waals surface area contributed by atoms with Crippen LogP contribution in [0, 0.1) is 102 Å². The maximum absolute atomic E-state index is 10.9. The van der Waals surface area contributed by atoms with E-state index in [1.54, 1.807) is 0 Å². The van der Waals surface area contributed by atoms with Gasteiger partial charge in [0.1, 0.15) is 5.41 Å². The van der Waals surface area contributed by atoms with Gasteiger partial charge in [-0.2, -0.15) is 21.0 Å². The molecule has 3 spiro atoms. The zero-order valence-electron chi connectivity index (χ0n) is 15.5. The Balaban J connectivity index is 1.64. The van der Waals surface area contributed by atoms with Gasteiger partial charge in [0.15, 0.2) is 0 Å². The van der Waals surface area contributed by atoms with E-state index in [2.05, 4.69) is 30.4 Å².